The number of rotatable bonds is 2. The van der Waals surface area contributed by atoms with Gasteiger partial charge in [0, 0.05) is 11.6 Å². The van der Waals surface area contributed by atoms with Gasteiger partial charge in [0.05, 0.1) is 11.5 Å². The van der Waals surface area contributed by atoms with E-state index in [1.807, 2.05) is 0 Å². The van der Waals surface area contributed by atoms with Crippen LogP contribution in [0.4, 0.5) is 0 Å². The monoisotopic (exact) mass is 247 g/mol. The zero-order valence-electron chi connectivity index (χ0n) is 7.89. The summed E-state index contributed by atoms with van der Waals surface area (Å²) in [6.07, 6.45) is 0. The lowest BCUT2D eigenvalue weighted by Crippen LogP contribution is -2.28. The van der Waals surface area contributed by atoms with E-state index >= 15 is 0 Å². The van der Waals surface area contributed by atoms with Gasteiger partial charge in [-0.3, -0.25) is 0 Å². The van der Waals surface area contributed by atoms with E-state index in [0.717, 1.165) is 0 Å². The fraction of sp³-hybridized carbons (Fsp3) is 0.333. The van der Waals surface area contributed by atoms with E-state index < -0.39 is 10.0 Å². The van der Waals surface area contributed by atoms with Crippen molar-refractivity contribution in [3.63, 3.8) is 0 Å². The first kappa shape index (κ1) is 10.9. The van der Waals surface area contributed by atoms with Gasteiger partial charge in [0.1, 0.15) is 6.73 Å². The highest BCUT2D eigenvalue weighted by molar-refractivity contribution is 7.89. The molecule has 1 aromatic carbocycles. The molecular weight excluding hydrogens is 238 g/mol. The minimum Gasteiger partial charge on any atom is -0.364 e. The third-order valence-corrected chi connectivity index (χ3v) is 4.21. The molecule has 15 heavy (non-hydrogen) atoms. The highest BCUT2D eigenvalue weighted by atomic mass is 35.5. The van der Waals surface area contributed by atoms with Gasteiger partial charge >= 0.3 is 0 Å². The smallest absolute Gasteiger partial charge is 0.245 e. The highest BCUT2D eigenvalue weighted by Gasteiger charge is 2.27. The number of halogens is 1. The quantitative estimate of drug-likeness (QED) is 0.792. The summed E-state index contributed by atoms with van der Waals surface area (Å²) >= 11 is 5.74. The Balaban J connectivity index is 2.36. The van der Waals surface area contributed by atoms with Crippen LogP contribution in [-0.4, -0.2) is 32.6 Å². The topological polar surface area (TPSA) is 46.6 Å². The van der Waals surface area contributed by atoms with Crippen molar-refractivity contribution >= 4 is 21.6 Å². The molecule has 0 saturated carbocycles. The summed E-state index contributed by atoms with van der Waals surface area (Å²) in [4.78, 5) is 0.209. The van der Waals surface area contributed by atoms with Crippen LogP contribution >= 0.6 is 11.6 Å². The van der Waals surface area contributed by atoms with Crippen molar-refractivity contribution in [1.29, 1.82) is 0 Å². The average Bonchev–Trinajstić information content (AvgIpc) is 2.71. The first-order valence-corrected chi connectivity index (χ1v) is 6.26. The molecule has 0 radical (unpaired) electrons. The van der Waals surface area contributed by atoms with Crippen molar-refractivity contribution in [3.8, 4) is 0 Å². The zero-order chi connectivity index (χ0) is 10.9. The summed E-state index contributed by atoms with van der Waals surface area (Å²) in [6.45, 7) is 0.962. The highest BCUT2D eigenvalue weighted by Crippen LogP contribution is 2.20. The molecule has 82 valence electrons. The molecule has 0 atom stereocenters. The van der Waals surface area contributed by atoms with E-state index in [4.69, 9.17) is 16.3 Å². The summed E-state index contributed by atoms with van der Waals surface area (Å²) in [6, 6.07) is 6.22. The van der Waals surface area contributed by atoms with Crippen LogP contribution in [0.25, 0.3) is 0 Å². The Hall–Kier alpha value is -0.620. The molecule has 0 amide bonds. The SMILES string of the molecule is O=S(=O)(c1cccc(Cl)c1)N1CCOC1. The Morgan fingerprint density at radius 1 is 1.40 bits per heavy atom. The molecule has 6 heteroatoms. The minimum atomic E-state index is -3.44. The van der Waals surface area contributed by atoms with Crippen LogP contribution in [0.1, 0.15) is 0 Å². The molecule has 1 fully saturated rings. The molecule has 0 bridgehead atoms. The second kappa shape index (κ2) is 4.09. The van der Waals surface area contributed by atoms with Crippen molar-refractivity contribution < 1.29 is 13.2 Å². The number of sulfonamides is 1. The summed E-state index contributed by atoms with van der Waals surface area (Å²) in [5, 5.41) is 0.413. The van der Waals surface area contributed by atoms with Crippen molar-refractivity contribution in [2.45, 2.75) is 4.90 Å². The second-order valence-electron chi connectivity index (χ2n) is 3.18. The zero-order valence-corrected chi connectivity index (χ0v) is 9.46. The molecule has 1 aromatic rings. The molecule has 0 unspecified atom stereocenters. The van der Waals surface area contributed by atoms with E-state index in [1.54, 1.807) is 12.1 Å². The number of hydrogen-bond acceptors (Lipinski definition) is 3. The maximum atomic E-state index is 12.0. The van der Waals surface area contributed by atoms with Gasteiger partial charge < -0.3 is 4.74 Å². The van der Waals surface area contributed by atoms with Gasteiger partial charge in [0.15, 0.2) is 0 Å². The number of hydrogen-bond donors (Lipinski definition) is 0. The summed E-state index contributed by atoms with van der Waals surface area (Å²) in [7, 11) is -3.44. The van der Waals surface area contributed by atoms with Crippen molar-refractivity contribution in [2.75, 3.05) is 19.9 Å². The van der Waals surface area contributed by atoms with Crippen LogP contribution in [0.3, 0.4) is 0 Å². The van der Waals surface area contributed by atoms with Gasteiger partial charge in [-0.25, -0.2) is 8.42 Å². The lowest BCUT2D eigenvalue weighted by Gasteiger charge is -2.13. The predicted octanol–water partition coefficient (Wildman–Crippen LogP) is 1.32. The van der Waals surface area contributed by atoms with E-state index in [9.17, 15) is 8.42 Å². The van der Waals surface area contributed by atoms with Crippen LogP contribution in [0.2, 0.25) is 5.02 Å². The third kappa shape index (κ3) is 2.15. The van der Waals surface area contributed by atoms with Gasteiger partial charge in [0.2, 0.25) is 10.0 Å². The molecule has 4 nitrogen and oxygen atoms in total. The maximum Gasteiger partial charge on any atom is 0.245 e. The van der Waals surface area contributed by atoms with Gasteiger partial charge in [-0.1, -0.05) is 17.7 Å². The molecular formula is C9H10ClNO3S. The molecule has 1 aliphatic heterocycles. The first-order valence-electron chi connectivity index (χ1n) is 4.44. The lowest BCUT2D eigenvalue weighted by atomic mass is 10.4. The Morgan fingerprint density at radius 3 is 2.80 bits per heavy atom. The Labute approximate surface area is 93.5 Å². The van der Waals surface area contributed by atoms with Crippen LogP contribution in [-0.2, 0) is 14.8 Å². The normalized spacial score (nSPS) is 18.2. The van der Waals surface area contributed by atoms with E-state index in [2.05, 4.69) is 0 Å². The lowest BCUT2D eigenvalue weighted by molar-refractivity contribution is 0.172. The Kier molecular flexibility index (Phi) is 2.97. The Bertz CT molecular complexity index is 454. The Morgan fingerprint density at radius 2 is 2.20 bits per heavy atom. The molecule has 1 aliphatic rings. The summed E-state index contributed by atoms with van der Waals surface area (Å²) < 4.78 is 30.2. The van der Waals surface area contributed by atoms with Crippen LogP contribution in [0.15, 0.2) is 29.2 Å². The van der Waals surface area contributed by atoms with Crippen molar-refractivity contribution in [1.82, 2.24) is 4.31 Å². The minimum absolute atomic E-state index is 0.120. The van der Waals surface area contributed by atoms with E-state index in [0.29, 0.717) is 18.2 Å². The fourth-order valence-electron chi connectivity index (χ4n) is 1.36. The van der Waals surface area contributed by atoms with Crippen LogP contribution < -0.4 is 0 Å². The third-order valence-electron chi connectivity index (χ3n) is 2.15. The van der Waals surface area contributed by atoms with Gasteiger partial charge in [-0.05, 0) is 18.2 Å². The van der Waals surface area contributed by atoms with Crippen molar-refractivity contribution in [3.05, 3.63) is 29.3 Å². The largest absolute Gasteiger partial charge is 0.364 e. The predicted molar refractivity (Wildman–Crippen MR) is 56.2 cm³/mol. The second-order valence-corrected chi connectivity index (χ2v) is 5.55. The summed E-state index contributed by atoms with van der Waals surface area (Å²) in [5.74, 6) is 0. The summed E-state index contributed by atoms with van der Waals surface area (Å²) in [5.41, 5.74) is 0. The van der Waals surface area contributed by atoms with E-state index in [-0.39, 0.29) is 11.6 Å². The molecule has 1 heterocycles. The van der Waals surface area contributed by atoms with Gasteiger partial charge in [-0.2, -0.15) is 4.31 Å². The maximum absolute atomic E-state index is 12.0. The molecule has 2 rings (SSSR count). The van der Waals surface area contributed by atoms with Crippen LogP contribution in [0.5, 0.6) is 0 Å². The molecule has 1 saturated heterocycles. The van der Waals surface area contributed by atoms with E-state index in [1.165, 1.54) is 16.4 Å². The number of ether oxygens (including phenoxy) is 1. The number of benzene rings is 1. The molecule has 0 spiro atoms. The standard InChI is InChI=1S/C9H10ClNO3S/c10-8-2-1-3-9(6-8)15(12,13)11-4-5-14-7-11/h1-3,6H,4-5,7H2. The molecule has 0 aliphatic carbocycles. The first-order chi connectivity index (χ1) is 7.10. The van der Waals surface area contributed by atoms with Crippen molar-refractivity contribution in [2.24, 2.45) is 0 Å². The van der Waals surface area contributed by atoms with Gasteiger partial charge in [-0.15, -0.1) is 0 Å². The van der Waals surface area contributed by atoms with Gasteiger partial charge in [0.25, 0.3) is 0 Å². The number of nitrogens with zero attached hydrogens (tertiary/aromatic N) is 1. The molecule has 0 N–H and O–H groups in total. The van der Waals surface area contributed by atoms with Crippen LogP contribution in [0, 0.1) is 0 Å². The molecule has 0 aromatic heterocycles. The average molecular weight is 248 g/mol. The fourth-order valence-corrected chi connectivity index (χ4v) is 2.97.